The van der Waals surface area contributed by atoms with Gasteiger partial charge in [-0.3, -0.25) is 4.79 Å². The fraction of sp³-hybridized carbons (Fsp3) is 0.562. The van der Waals surface area contributed by atoms with Gasteiger partial charge in [-0.15, -0.1) is 11.8 Å². The lowest BCUT2D eigenvalue weighted by Gasteiger charge is -2.39. The van der Waals surface area contributed by atoms with E-state index in [-0.39, 0.29) is 17.4 Å². The van der Waals surface area contributed by atoms with Crippen LogP contribution in [0.25, 0.3) is 0 Å². The second-order valence-electron chi connectivity index (χ2n) is 5.90. The van der Waals surface area contributed by atoms with E-state index >= 15 is 0 Å². The number of hydrogen-bond donors (Lipinski definition) is 1. The summed E-state index contributed by atoms with van der Waals surface area (Å²) in [7, 11) is 1.85. The Balaban J connectivity index is 2.14. The van der Waals surface area contributed by atoms with E-state index in [4.69, 9.17) is 5.73 Å². The van der Waals surface area contributed by atoms with E-state index in [2.05, 4.69) is 0 Å². The average Bonchev–Trinajstić information content (AvgIpc) is 2.45. The van der Waals surface area contributed by atoms with Crippen molar-refractivity contribution in [3.8, 4) is 0 Å². The second kappa shape index (κ2) is 6.19. The highest BCUT2D eigenvalue weighted by Gasteiger charge is 2.39. The van der Waals surface area contributed by atoms with Gasteiger partial charge in [0, 0.05) is 23.2 Å². The van der Waals surface area contributed by atoms with Crippen molar-refractivity contribution >= 4 is 23.4 Å². The number of thioether (sulfide) groups is 1. The van der Waals surface area contributed by atoms with Crippen LogP contribution in [0, 0.1) is 5.92 Å². The Kier molecular flexibility index (Phi) is 4.76. The first-order valence-electron chi connectivity index (χ1n) is 7.16. The SMILES string of the molecule is CSc1ccc(N(C)C(=O)C2CCCCC2(C)N)cc1. The van der Waals surface area contributed by atoms with Gasteiger partial charge in [0.1, 0.15) is 0 Å². The van der Waals surface area contributed by atoms with Crippen LogP contribution < -0.4 is 10.6 Å². The Hall–Kier alpha value is -1.00. The first-order valence-corrected chi connectivity index (χ1v) is 8.38. The molecule has 0 aromatic heterocycles. The fourth-order valence-corrected chi connectivity index (χ4v) is 3.34. The smallest absolute Gasteiger partial charge is 0.231 e. The van der Waals surface area contributed by atoms with Crippen molar-refractivity contribution in [3.63, 3.8) is 0 Å². The zero-order chi connectivity index (χ0) is 14.8. The van der Waals surface area contributed by atoms with Crippen LogP contribution in [0.15, 0.2) is 29.2 Å². The van der Waals surface area contributed by atoms with Crippen LogP contribution in [0.2, 0.25) is 0 Å². The first kappa shape index (κ1) is 15.4. The molecule has 2 N–H and O–H groups in total. The number of anilines is 1. The van der Waals surface area contributed by atoms with Crippen molar-refractivity contribution in [2.24, 2.45) is 11.7 Å². The quantitative estimate of drug-likeness (QED) is 0.870. The number of carbonyl (C=O) groups excluding carboxylic acids is 1. The highest BCUT2D eigenvalue weighted by molar-refractivity contribution is 7.98. The highest BCUT2D eigenvalue weighted by atomic mass is 32.2. The molecule has 0 heterocycles. The predicted octanol–water partition coefficient (Wildman–Crippen LogP) is 3.28. The normalized spacial score (nSPS) is 26.3. The summed E-state index contributed by atoms with van der Waals surface area (Å²) in [5.41, 5.74) is 6.90. The molecule has 2 rings (SSSR count). The zero-order valence-corrected chi connectivity index (χ0v) is 13.4. The molecule has 0 aliphatic heterocycles. The maximum atomic E-state index is 12.7. The molecule has 1 saturated carbocycles. The second-order valence-corrected chi connectivity index (χ2v) is 6.78. The van der Waals surface area contributed by atoms with Crippen LogP contribution in [0.3, 0.4) is 0 Å². The largest absolute Gasteiger partial charge is 0.325 e. The molecule has 3 nitrogen and oxygen atoms in total. The van der Waals surface area contributed by atoms with Crippen molar-refractivity contribution in [1.29, 1.82) is 0 Å². The van der Waals surface area contributed by atoms with Crippen LogP contribution in [0.5, 0.6) is 0 Å². The van der Waals surface area contributed by atoms with E-state index in [1.807, 2.05) is 44.5 Å². The van der Waals surface area contributed by atoms with Crippen molar-refractivity contribution in [2.75, 3.05) is 18.2 Å². The number of hydrogen-bond acceptors (Lipinski definition) is 3. The molecule has 4 heteroatoms. The van der Waals surface area contributed by atoms with E-state index in [0.717, 1.165) is 31.4 Å². The number of carbonyl (C=O) groups is 1. The van der Waals surface area contributed by atoms with Gasteiger partial charge in [0.15, 0.2) is 0 Å². The van der Waals surface area contributed by atoms with Crippen molar-refractivity contribution < 1.29 is 4.79 Å². The zero-order valence-electron chi connectivity index (χ0n) is 12.6. The van der Waals surface area contributed by atoms with Crippen molar-refractivity contribution in [2.45, 2.75) is 43.0 Å². The maximum absolute atomic E-state index is 12.7. The molecule has 1 aromatic carbocycles. The molecule has 0 saturated heterocycles. The Bertz CT molecular complexity index is 470. The average molecular weight is 292 g/mol. The highest BCUT2D eigenvalue weighted by Crippen LogP contribution is 2.33. The molecular weight excluding hydrogens is 268 g/mol. The van der Waals surface area contributed by atoms with E-state index in [0.29, 0.717) is 0 Å². The molecule has 0 spiro atoms. The third-order valence-corrected chi connectivity index (χ3v) is 5.09. The van der Waals surface area contributed by atoms with Gasteiger partial charge in [-0.1, -0.05) is 12.8 Å². The summed E-state index contributed by atoms with van der Waals surface area (Å²) in [4.78, 5) is 15.7. The summed E-state index contributed by atoms with van der Waals surface area (Å²) in [5, 5.41) is 0. The van der Waals surface area contributed by atoms with Crippen LogP contribution in [-0.2, 0) is 4.79 Å². The Morgan fingerprint density at radius 3 is 2.55 bits per heavy atom. The number of benzene rings is 1. The minimum absolute atomic E-state index is 0.0681. The van der Waals surface area contributed by atoms with Gasteiger partial charge in [0.2, 0.25) is 5.91 Å². The number of rotatable bonds is 3. The maximum Gasteiger partial charge on any atom is 0.231 e. The molecule has 1 amide bonds. The lowest BCUT2D eigenvalue weighted by Crippen LogP contribution is -2.53. The minimum Gasteiger partial charge on any atom is -0.325 e. The number of nitrogens with zero attached hydrogens (tertiary/aromatic N) is 1. The topological polar surface area (TPSA) is 46.3 Å². The molecule has 110 valence electrons. The van der Waals surface area contributed by atoms with Crippen LogP contribution >= 0.6 is 11.8 Å². The van der Waals surface area contributed by atoms with Gasteiger partial charge in [0.05, 0.1) is 5.92 Å². The molecule has 1 aliphatic rings. The van der Waals surface area contributed by atoms with Crippen LogP contribution in [0.4, 0.5) is 5.69 Å². The Morgan fingerprint density at radius 2 is 2.00 bits per heavy atom. The summed E-state index contributed by atoms with van der Waals surface area (Å²) >= 11 is 1.70. The van der Waals surface area contributed by atoms with Crippen LogP contribution in [0.1, 0.15) is 32.6 Å². The van der Waals surface area contributed by atoms with Gasteiger partial charge >= 0.3 is 0 Å². The summed E-state index contributed by atoms with van der Waals surface area (Å²) in [6.45, 7) is 2.01. The summed E-state index contributed by atoms with van der Waals surface area (Å²) < 4.78 is 0. The van der Waals surface area contributed by atoms with Crippen LogP contribution in [-0.4, -0.2) is 24.7 Å². The third kappa shape index (κ3) is 3.18. The van der Waals surface area contributed by atoms with E-state index in [1.165, 1.54) is 4.90 Å². The number of nitrogens with two attached hydrogens (primary N) is 1. The monoisotopic (exact) mass is 292 g/mol. The van der Waals surface area contributed by atoms with Crippen molar-refractivity contribution in [3.05, 3.63) is 24.3 Å². The molecule has 20 heavy (non-hydrogen) atoms. The van der Waals surface area contributed by atoms with Gasteiger partial charge in [-0.2, -0.15) is 0 Å². The third-order valence-electron chi connectivity index (χ3n) is 4.34. The number of amides is 1. The molecule has 0 bridgehead atoms. The molecule has 2 unspecified atom stereocenters. The van der Waals surface area contributed by atoms with E-state index in [9.17, 15) is 4.79 Å². The van der Waals surface area contributed by atoms with E-state index in [1.54, 1.807) is 16.7 Å². The molecule has 1 aromatic rings. The van der Waals surface area contributed by atoms with Gasteiger partial charge < -0.3 is 10.6 Å². The summed E-state index contributed by atoms with van der Waals surface area (Å²) in [6, 6.07) is 8.10. The molecule has 1 fully saturated rings. The van der Waals surface area contributed by atoms with Gasteiger partial charge in [0.25, 0.3) is 0 Å². The Labute approximate surface area is 125 Å². The fourth-order valence-electron chi connectivity index (χ4n) is 2.93. The lowest BCUT2D eigenvalue weighted by atomic mass is 9.74. The first-order chi connectivity index (χ1) is 9.45. The predicted molar refractivity (Wildman–Crippen MR) is 86.2 cm³/mol. The molecular formula is C16H24N2OS. The summed E-state index contributed by atoms with van der Waals surface area (Å²) in [6.07, 6.45) is 6.11. The molecule has 2 atom stereocenters. The summed E-state index contributed by atoms with van der Waals surface area (Å²) in [5.74, 6) is 0.0769. The molecule has 1 aliphatic carbocycles. The van der Waals surface area contributed by atoms with Crippen molar-refractivity contribution in [1.82, 2.24) is 0 Å². The standard InChI is InChI=1S/C16H24N2OS/c1-16(17)11-5-4-6-14(16)15(19)18(2)12-7-9-13(20-3)10-8-12/h7-10,14H,4-6,11,17H2,1-3H3. The minimum atomic E-state index is -0.372. The van der Waals surface area contributed by atoms with Gasteiger partial charge in [-0.05, 0) is 50.3 Å². The Morgan fingerprint density at radius 1 is 1.35 bits per heavy atom. The van der Waals surface area contributed by atoms with Gasteiger partial charge in [-0.25, -0.2) is 0 Å². The lowest BCUT2D eigenvalue weighted by molar-refractivity contribution is -0.125. The van der Waals surface area contributed by atoms with E-state index < -0.39 is 0 Å². The molecule has 0 radical (unpaired) electrons.